The van der Waals surface area contributed by atoms with Crippen LogP contribution < -0.4 is 5.32 Å². The van der Waals surface area contributed by atoms with Gasteiger partial charge in [-0.25, -0.2) is 0 Å². The summed E-state index contributed by atoms with van der Waals surface area (Å²) in [6.07, 6.45) is 1.11. The van der Waals surface area contributed by atoms with E-state index in [0.29, 0.717) is 12.0 Å². The lowest BCUT2D eigenvalue weighted by Gasteiger charge is -2.21. The number of rotatable bonds is 5. The number of nitrogens with one attached hydrogen (secondary N) is 1. The summed E-state index contributed by atoms with van der Waals surface area (Å²) >= 11 is 0. The molecule has 1 aromatic rings. The van der Waals surface area contributed by atoms with Gasteiger partial charge in [0.15, 0.2) is 0 Å². The van der Waals surface area contributed by atoms with E-state index in [1.807, 2.05) is 19.2 Å². The van der Waals surface area contributed by atoms with Crippen molar-refractivity contribution in [1.29, 1.82) is 0 Å². The minimum absolute atomic E-state index is 0.0875. The highest BCUT2D eigenvalue weighted by atomic mass is 16.2. The molecule has 0 aliphatic carbocycles. The first-order chi connectivity index (χ1) is 8.79. The van der Waals surface area contributed by atoms with Gasteiger partial charge in [-0.15, -0.1) is 0 Å². The van der Waals surface area contributed by atoms with E-state index in [4.69, 9.17) is 0 Å². The van der Waals surface area contributed by atoms with Crippen LogP contribution in [0.5, 0.6) is 0 Å². The molecule has 0 bridgehead atoms. The molecule has 0 aromatic heterocycles. The van der Waals surface area contributed by atoms with E-state index in [1.54, 1.807) is 11.8 Å². The van der Waals surface area contributed by atoms with Crippen molar-refractivity contribution in [2.24, 2.45) is 5.41 Å². The SMILES string of the molecule is CC(=O)N(C)Cc1ccccc1NCCC(C)(C)C. The van der Waals surface area contributed by atoms with Gasteiger partial charge >= 0.3 is 0 Å². The van der Waals surface area contributed by atoms with Crippen molar-refractivity contribution in [2.45, 2.75) is 40.7 Å². The number of hydrogen-bond donors (Lipinski definition) is 1. The maximum Gasteiger partial charge on any atom is 0.219 e. The summed E-state index contributed by atoms with van der Waals surface area (Å²) in [6, 6.07) is 8.18. The van der Waals surface area contributed by atoms with Crippen LogP contribution in [0.3, 0.4) is 0 Å². The van der Waals surface area contributed by atoms with Gasteiger partial charge in [-0.2, -0.15) is 0 Å². The van der Waals surface area contributed by atoms with Crippen molar-refractivity contribution in [1.82, 2.24) is 4.90 Å². The molecule has 106 valence electrons. The Labute approximate surface area is 117 Å². The second kappa shape index (κ2) is 6.60. The number of benzene rings is 1. The molecule has 19 heavy (non-hydrogen) atoms. The molecule has 0 heterocycles. The Bertz CT molecular complexity index is 421. The number of carbonyl (C=O) groups excluding carboxylic acids is 1. The molecule has 0 aliphatic rings. The van der Waals surface area contributed by atoms with Crippen molar-refractivity contribution < 1.29 is 4.79 Å². The van der Waals surface area contributed by atoms with Gasteiger partial charge in [0, 0.05) is 32.7 Å². The normalized spacial score (nSPS) is 11.2. The smallest absolute Gasteiger partial charge is 0.219 e. The molecule has 0 unspecified atom stereocenters. The lowest BCUT2D eigenvalue weighted by Crippen LogP contribution is -2.23. The van der Waals surface area contributed by atoms with Crippen molar-refractivity contribution in [3.05, 3.63) is 29.8 Å². The second-order valence-corrected chi connectivity index (χ2v) is 6.27. The van der Waals surface area contributed by atoms with Crippen LogP contribution in [0.4, 0.5) is 5.69 Å². The van der Waals surface area contributed by atoms with Gasteiger partial charge in [0.05, 0.1) is 0 Å². The fraction of sp³-hybridized carbons (Fsp3) is 0.562. The summed E-state index contributed by atoms with van der Waals surface area (Å²) in [7, 11) is 1.83. The maximum absolute atomic E-state index is 11.3. The van der Waals surface area contributed by atoms with Gasteiger partial charge < -0.3 is 10.2 Å². The summed E-state index contributed by atoms with van der Waals surface area (Å²) in [4.78, 5) is 13.0. The van der Waals surface area contributed by atoms with Crippen LogP contribution in [0, 0.1) is 5.41 Å². The molecule has 0 saturated carbocycles. The lowest BCUT2D eigenvalue weighted by molar-refractivity contribution is -0.128. The first-order valence-electron chi connectivity index (χ1n) is 6.83. The molecule has 0 spiro atoms. The van der Waals surface area contributed by atoms with E-state index < -0.39 is 0 Å². The first kappa shape index (κ1) is 15.5. The third-order valence-corrected chi connectivity index (χ3v) is 3.15. The van der Waals surface area contributed by atoms with Gasteiger partial charge in [0.2, 0.25) is 5.91 Å². The number of anilines is 1. The monoisotopic (exact) mass is 262 g/mol. The summed E-state index contributed by atoms with van der Waals surface area (Å²) in [5, 5.41) is 3.48. The van der Waals surface area contributed by atoms with E-state index in [2.05, 4.69) is 38.2 Å². The molecule has 1 amide bonds. The highest BCUT2D eigenvalue weighted by molar-refractivity contribution is 5.73. The van der Waals surface area contributed by atoms with E-state index in [0.717, 1.165) is 24.2 Å². The van der Waals surface area contributed by atoms with E-state index in [9.17, 15) is 4.79 Å². The predicted octanol–water partition coefficient (Wildman–Crippen LogP) is 3.51. The average Bonchev–Trinajstić information content (AvgIpc) is 2.29. The topological polar surface area (TPSA) is 32.3 Å². The number of nitrogens with zero attached hydrogens (tertiary/aromatic N) is 1. The van der Waals surface area contributed by atoms with Crippen molar-refractivity contribution in [2.75, 3.05) is 18.9 Å². The van der Waals surface area contributed by atoms with E-state index >= 15 is 0 Å². The molecule has 0 aliphatic heterocycles. The number of amides is 1. The van der Waals surface area contributed by atoms with Crippen LogP contribution in [0.15, 0.2) is 24.3 Å². The lowest BCUT2D eigenvalue weighted by atomic mass is 9.92. The Hall–Kier alpha value is -1.51. The van der Waals surface area contributed by atoms with Gasteiger partial charge in [0.25, 0.3) is 0 Å². The molecular weight excluding hydrogens is 236 g/mol. The Morgan fingerprint density at radius 1 is 1.26 bits per heavy atom. The fourth-order valence-electron chi connectivity index (χ4n) is 1.77. The summed E-state index contributed by atoms with van der Waals surface area (Å²) in [6.45, 7) is 9.91. The number of hydrogen-bond acceptors (Lipinski definition) is 2. The Kier molecular flexibility index (Phi) is 5.40. The molecule has 0 radical (unpaired) electrons. The largest absolute Gasteiger partial charge is 0.385 e. The quantitative estimate of drug-likeness (QED) is 0.880. The number of para-hydroxylation sites is 1. The van der Waals surface area contributed by atoms with Crippen molar-refractivity contribution >= 4 is 11.6 Å². The standard InChI is InChI=1S/C16H26N2O/c1-13(19)18(5)12-14-8-6-7-9-15(14)17-11-10-16(2,3)4/h6-9,17H,10-12H2,1-5H3. The van der Waals surface area contributed by atoms with Gasteiger partial charge in [-0.1, -0.05) is 39.0 Å². The highest BCUT2D eigenvalue weighted by Gasteiger charge is 2.11. The zero-order valence-electron chi connectivity index (χ0n) is 12.8. The molecule has 1 N–H and O–H groups in total. The van der Waals surface area contributed by atoms with Crippen LogP contribution in [0.1, 0.15) is 39.7 Å². The fourth-order valence-corrected chi connectivity index (χ4v) is 1.77. The van der Waals surface area contributed by atoms with Gasteiger partial charge in [0.1, 0.15) is 0 Å². The zero-order chi connectivity index (χ0) is 14.5. The highest BCUT2D eigenvalue weighted by Crippen LogP contribution is 2.21. The minimum Gasteiger partial charge on any atom is -0.385 e. The Morgan fingerprint density at radius 3 is 2.47 bits per heavy atom. The molecule has 3 heteroatoms. The number of carbonyl (C=O) groups is 1. The van der Waals surface area contributed by atoms with Gasteiger partial charge in [-0.05, 0) is 23.5 Å². The second-order valence-electron chi connectivity index (χ2n) is 6.27. The van der Waals surface area contributed by atoms with E-state index in [1.165, 1.54) is 0 Å². The Morgan fingerprint density at radius 2 is 1.89 bits per heavy atom. The summed E-state index contributed by atoms with van der Waals surface area (Å²) < 4.78 is 0. The maximum atomic E-state index is 11.3. The zero-order valence-corrected chi connectivity index (χ0v) is 12.8. The predicted molar refractivity (Wildman–Crippen MR) is 81.2 cm³/mol. The van der Waals surface area contributed by atoms with Crippen molar-refractivity contribution in [3.63, 3.8) is 0 Å². The van der Waals surface area contributed by atoms with Gasteiger partial charge in [-0.3, -0.25) is 4.79 Å². The third kappa shape index (κ3) is 5.77. The van der Waals surface area contributed by atoms with Crippen LogP contribution in [-0.4, -0.2) is 24.4 Å². The third-order valence-electron chi connectivity index (χ3n) is 3.15. The molecule has 1 aromatic carbocycles. The van der Waals surface area contributed by atoms with Crippen LogP contribution in [0.25, 0.3) is 0 Å². The van der Waals surface area contributed by atoms with Crippen LogP contribution in [0.2, 0.25) is 0 Å². The Balaban J connectivity index is 2.65. The van der Waals surface area contributed by atoms with E-state index in [-0.39, 0.29) is 5.91 Å². The van der Waals surface area contributed by atoms with Crippen molar-refractivity contribution in [3.8, 4) is 0 Å². The van der Waals surface area contributed by atoms with Crippen LogP contribution in [-0.2, 0) is 11.3 Å². The minimum atomic E-state index is 0.0875. The van der Waals surface area contributed by atoms with Crippen LogP contribution >= 0.6 is 0 Å². The average molecular weight is 262 g/mol. The molecular formula is C16H26N2O. The molecule has 3 nitrogen and oxygen atoms in total. The summed E-state index contributed by atoms with van der Waals surface area (Å²) in [5.41, 5.74) is 2.62. The molecule has 1 rings (SSSR count). The molecule has 0 fully saturated rings. The first-order valence-corrected chi connectivity index (χ1v) is 6.83. The molecule has 0 atom stereocenters. The molecule has 0 saturated heterocycles. The summed E-state index contributed by atoms with van der Waals surface area (Å²) in [5.74, 6) is 0.0875.